The Morgan fingerprint density at radius 1 is 1.20 bits per heavy atom. The lowest BCUT2D eigenvalue weighted by Gasteiger charge is -2.28. The Morgan fingerprint density at radius 3 is 2.68 bits per heavy atom. The number of hydrogen-bond donors (Lipinski definition) is 1. The summed E-state index contributed by atoms with van der Waals surface area (Å²) in [6, 6.07) is 6.71. The summed E-state index contributed by atoms with van der Waals surface area (Å²) in [6.07, 6.45) is 5.11. The number of piperidine rings is 1. The molecule has 0 bridgehead atoms. The van der Waals surface area contributed by atoms with Crippen LogP contribution >= 0.6 is 0 Å². The Bertz CT molecular complexity index is 709. The Labute approximate surface area is 150 Å². The van der Waals surface area contributed by atoms with Crippen LogP contribution in [0.25, 0.3) is 0 Å². The third kappa shape index (κ3) is 4.54. The summed E-state index contributed by atoms with van der Waals surface area (Å²) in [4.78, 5) is 16.2. The lowest BCUT2D eigenvalue weighted by atomic mass is 9.94. The first-order chi connectivity index (χ1) is 12.0. The Balaban J connectivity index is 1.76. The second kappa shape index (κ2) is 7.91. The molecule has 1 N–H and O–H groups in total. The molecule has 0 saturated carbocycles. The molecule has 0 aromatic carbocycles. The fraction of sp³-hybridized carbons (Fsp3) is 0.550. The minimum absolute atomic E-state index is 0.324. The van der Waals surface area contributed by atoms with Crippen molar-refractivity contribution in [1.29, 1.82) is 0 Å². The second-order valence-corrected chi connectivity index (χ2v) is 7.21. The number of nitrogens with one attached hydrogen (secondary N) is 1. The Kier molecular flexibility index (Phi) is 5.63. The average molecular weight is 339 g/mol. The van der Waals surface area contributed by atoms with E-state index in [-0.39, 0.29) is 0 Å². The maximum Gasteiger partial charge on any atom is 0.132 e. The quantitative estimate of drug-likeness (QED) is 0.907. The molecule has 0 radical (unpaired) electrons. The van der Waals surface area contributed by atoms with Crippen molar-refractivity contribution in [3.63, 3.8) is 0 Å². The lowest BCUT2D eigenvalue weighted by Crippen LogP contribution is -2.32. The van der Waals surface area contributed by atoms with E-state index >= 15 is 0 Å². The van der Waals surface area contributed by atoms with Gasteiger partial charge in [0.1, 0.15) is 11.6 Å². The largest absolute Gasteiger partial charge is 0.356 e. The van der Waals surface area contributed by atoms with Gasteiger partial charge in [-0.15, -0.1) is 0 Å². The van der Waals surface area contributed by atoms with E-state index in [1.807, 2.05) is 19.2 Å². The number of nitrogens with zero attached hydrogens (tertiary/aromatic N) is 4. The van der Waals surface area contributed by atoms with Gasteiger partial charge in [0, 0.05) is 49.1 Å². The second-order valence-electron chi connectivity index (χ2n) is 7.21. The normalized spacial score (nSPS) is 16.6. The molecule has 1 fully saturated rings. The number of aromatic nitrogens is 3. The molecular weight excluding hydrogens is 310 g/mol. The maximum absolute atomic E-state index is 4.72. The van der Waals surface area contributed by atoms with E-state index < -0.39 is 0 Å². The van der Waals surface area contributed by atoms with Crippen molar-refractivity contribution in [1.82, 2.24) is 20.3 Å². The van der Waals surface area contributed by atoms with Crippen molar-refractivity contribution < 1.29 is 0 Å². The SMILES string of the molecule is Cc1ccnc(C[C@@H](C)N(C)c2cc(C3CCNCC3)nc(C)n2)c1. The van der Waals surface area contributed by atoms with Gasteiger partial charge in [0.05, 0.1) is 0 Å². The van der Waals surface area contributed by atoms with E-state index in [2.05, 4.69) is 53.2 Å². The number of likely N-dealkylation sites (N-methyl/N-ethyl adjacent to an activating group) is 1. The lowest BCUT2D eigenvalue weighted by molar-refractivity contribution is 0.452. The molecule has 134 valence electrons. The van der Waals surface area contributed by atoms with Crippen LogP contribution in [0.3, 0.4) is 0 Å². The minimum Gasteiger partial charge on any atom is -0.356 e. The molecule has 1 aliphatic rings. The van der Waals surface area contributed by atoms with Gasteiger partial charge in [-0.1, -0.05) is 0 Å². The topological polar surface area (TPSA) is 53.9 Å². The molecule has 25 heavy (non-hydrogen) atoms. The Morgan fingerprint density at radius 2 is 1.96 bits per heavy atom. The van der Waals surface area contributed by atoms with E-state index in [0.717, 1.165) is 49.7 Å². The molecule has 1 atom stereocenters. The van der Waals surface area contributed by atoms with E-state index in [4.69, 9.17) is 4.98 Å². The van der Waals surface area contributed by atoms with Gasteiger partial charge in [-0.2, -0.15) is 0 Å². The molecule has 1 aliphatic heterocycles. The maximum atomic E-state index is 4.72. The molecule has 1 saturated heterocycles. The number of anilines is 1. The van der Waals surface area contributed by atoms with Gasteiger partial charge < -0.3 is 10.2 Å². The molecule has 2 aromatic rings. The first kappa shape index (κ1) is 17.8. The molecule has 2 aromatic heterocycles. The summed E-state index contributed by atoms with van der Waals surface area (Å²) in [5.41, 5.74) is 3.58. The molecule has 0 unspecified atom stereocenters. The monoisotopic (exact) mass is 339 g/mol. The van der Waals surface area contributed by atoms with Gasteiger partial charge in [0.2, 0.25) is 0 Å². The van der Waals surface area contributed by atoms with Crippen molar-refractivity contribution in [3.05, 3.63) is 47.2 Å². The fourth-order valence-corrected chi connectivity index (χ4v) is 3.46. The summed E-state index contributed by atoms with van der Waals surface area (Å²) in [7, 11) is 2.12. The Hall–Kier alpha value is -2.01. The van der Waals surface area contributed by atoms with Crippen molar-refractivity contribution in [2.75, 3.05) is 25.0 Å². The first-order valence-corrected chi connectivity index (χ1v) is 9.23. The van der Waals surface area contributed by atoms with Crippen LogP contribution < -0.4 is 10.2 Å². The van der Waals surface area contributed by atoms with Crippen LogP contribution in [-0.2, 0) is 6.42 Å². The van der Waals surface area contributed by atoms with Crippen molar-refractivity contribution in [2.24, 2.45) is 0 Å². The predicted octanol–water partition coefficient (Wildman–Crippen LogP) is 3.02. The summed E-state index contributed by atoms with van der Waals surface area (Å²) in [6.45, 7) is 8.49. The zero-order valence-corrected chi connectivity index (χ0v) is 15.8. The van der Waals surface area contributed by atoms with Crippen molar-refractivity contribution in [3.8, 4) is 0 Å². The van der Waals surface area contributed by atoms with Gasteiger partial charge in [-0.3, -0.25) is 4.98 Å². The van der Waals surface area contributed by atoms with Crippen LogP contribution in [0.1, 0.15) is 48.5 Å². The fourth-order valence-electron chi connectivity index (χ4n) is 3.46. The standard InChI is InChI=1S/C20H29N5/c1-14-5-10-22-18(11-14)12-15(2)25(4)20-13-19(23-16(3)24-20)17-6-8-21-9-7-17/h5,10-11,13,15,17,21H,6-9,12H2,1-4H3/t15-/m1/s1. The van der Waals surface area contributed by atoms with E-state index in [1.165, 1.54) is 11.3 Å². The summed E-state index contributed by atoms with van der Waals surface area (Å²) in [5, 5.41) is 3.43. The molecule has 5 heteroatoms. The predicted molar refractivity (Wildman–Crippen MR) is 102 cm³/mol. The molecule has 5 nitrogen and oxygen atoms in total. The van der Waals surface area contributed by atoms with Crippen LogP contribution in [0, 0.1) is 13.8 Å². The first-order valence-electron chi connectivity index (χ1n) is 9.23. The highest BCUT2D eigenvalue weighted by molar-refractivity contribution is 5.41. The van der Waals surface area contributed by atoms with Gasteiger partial charge in [-0.05, 0) is 64.4 Å². The van der Waals surface area contributed by atoms with Gasteiger partial charge >= 0.3 is 0 Å². The van der Waals surface area contributed by atoms with Crippen molar-refractivity contribution >= 4 is 5.82 Å². The third-order valence-electron chi connectivity index (χ3n) is 5.10. The van der Waals surface area contributed by atoms with Crippen LogP contribution in [0.5, 0.6) is 0 Å². The van der Waals surface area contributed by atoms with Gasteiger partial charge in [0.25, 0.3) is 0 Å². The minimum atomic E-state index is 0.324. The number of hydrogen-bond acceptors (Lipinski definition) is 5. The van der Waals surface area contributed by atoms with Gasteiger partial charge in [-0.25, -0.2) is 9.97 Å². The number of pyridine rings is 1. The molecular formula is C20H29N5. The highest BCUT2D eigenvalue weighted by Crippen LogP contribution is 2.26. The summed E-state index contributed by atoms with van der Waals surface area (Å²) >= 11 is 0. The van der Waals surface area contributed by atoms with E-state index in [1.54, 1.807) is 0 Å². The zero-order chi connectivity index (χ0) is 17.8. The smallest absolute Gasteiger partial charge is 0.132 e. The molecule has 0 amide bonds. The number of aryl methyl sites for hydroxylation is 2. The van der Waals surface area contributed by atoms with Crippen LogP contribution in [0.4, 0.5) is 5.82 Å². The van der Waals surface area contributed by atoms with Gasteiger partial charge in [0.15, 0.2) is 0 Å². The number of rotatable bonds is 5. The highest BCUT2D eigenvalue weighted by Gasteiger charge is 2.20. The molecule has 0 spiro atoms. The van der Waals surface area contributed by atoms with Crippen LogP contribution in [-0.4, -0.2) is 41.1 Å². The average Bonchev–Trinajstić information content (AvgIpc) is 2.61. The summed E-state index contributed by atoms with van der Waals surface area (Å²) in [5.74, 6) is 2.42. The molecule has 0 aliphatic carbocycles. The van der Waals surface area contributed by atoms with E-state index in [9.17, 15) is 0 Å². The van der Waals surface area contributed by atoms with Crippen LogP contribution in [0.15, 0.2) is 24.4 Å². The van der Waals surface area contributed by atoms with Crippen molar-refractivity contribution in [2.45, 2.75) is 52.0 Å². The highest BCUT2D eigenvalue weighted by atomic mass is 15.2. The zero-order valence-electron chi connectivity index (χ0n) is 15.8. The van der Waals surface area contributed by atoms with Crippen LogP contribution in [0.2, 0.25) is 0 Å². The molecule has 3 heterocycles. The third-order valence-corrected chi connectivity index (χ3v) is 5.10. The molecule has 3 rings (SSSR count). The summed E-state index contributed by atoms with van der Waals surface area (Å²) < 4.78 is 0. The van der Waals surface area contributed by atoms with E-state index in [0.29, 0.717) is 12.0 Å².